The summed E-state index contributed by atoms with van der Waals surface area (Å²) in [4.78, 5) is 28.4. The molecule has 1 heterocycles. The first-order valence-corrected chi connectivity index (χ1v) is 7.74. The third-order valence-electron chi connectivity index (χ3n) is 2.94. The van der Waals surface area contributed by atoms with Gasteiger partial charge in [0.15, 0.2) is 0 Å². The molecule has 0 saturated carbocycles. The first kappa shape index (κ1) is 16.0. The zero-order chi connectivity index (χ0) is 15.9. The molecule has 5 nitrogen and oxygen atoms in total. The summed E-state index contributed by atoms with van der Waals surface area (Å²) in [6.07, 6.45) is 3.02. The molecule has 0 fully saturated rings. The molecule has 0 aliphatic rings. The predicted molar refractivity (Wildman–Crippen MR) is 86.5 cm³/mol. The second-order valence-corrected chi connectivity index (χ2v) is 5.82. The Bertz CT molecular complexity index is 674. The summed E-state index contributed by atoms with van der Waals surface area (Å²) >= 11 is 1.44. The van der Waals surface area contributed by atoms with Gasteiger partial charge in [0.05, 0.1) is 11.3 Å². The Hall–Kier alpha value is -2.34. The van der Waals surface area contributed by atoms with E-state index in [9.17, 15) is 9.59 Å². The molecule has 2 amide bonds. The Morgan fingerprint density at radius 2 is 2.00 bits per heavy atom. The second kappa shape index (κ2) is 7.61. The minimum atomic E-state index is -0.391. The number of hydrogen-bond acceptors (Lipinski definition) is 4. The van der Waals surface area contributed by atoms with E-state index in [0.717, 1.165) is 16.0 Å². The Kier molecular flexibility index (Phi) is 5.55. The third kappa shape index (κ3) is 4.60. The molecule has 22 heavy (non-hydrogen) atoms. The van der Waals surface area contributed by atoms with Gasteiger partial charge in [-0.3, -0.25) is 25.4 Å². The van der Waals surface area contributed by atoms with Crippen LogP contribution in [-0.2, 0) is 4.79 Å². The molecule has 0 radical (unpaired) electrons. The predicted octanol–water partition coefficient (Wildman–Crippen LogP) is 2.25. The number of hydrogen-bond donors (Lipinski definition) is 2. The maximum Gasteiger partial charge on any atom is 0.271 e. The van der Waals surface area contributed by atoms with E-state index in [1.165, 1.54) is 18.0 Å². The monoisotopic (exact) mass is 315 g/mol. The van der Waals surface area contributed by atoms with Crippen molar-refractivity contribution in [3.63, 3.8) is 0 Å². The smallest absolute Gasteiger partial charge is 0.271 e. The summed E-state index contributed by atoms with van der Waals surface area (Å²) in [5.74, 6) is -0.418. The van der Waals surface area contributed by atoms with Crippen LogP contribution in [0.15, 0.2) is 47.6 Å². The minimum absolute atomic E-state index is 0.234. The highest BCUT2D eigenvalue weighted by Crippen LogP contribution is 2.23. The van der Waals surface area contributed by atoms with Gasteiger partial charge in [0.2, 0.25) is 5.91 Å². The summed E-state index contributed by atoms with van der Waals surface area (Å²) in [5, 5.41) is 0. The van der Waals surface area contributed by atoms with Crippen molar-refractivity contribution < 1.29 is 9.59 Å². The van der Waals surface area contributed by atoms with Crippen LogP contribution in [0.3, 0.4) is 0 Å². The van der Waals surface area contributed by atoms with E-state index < -0.39 is 5.91 Å². The lowest BCUT2D eigenvalue weighted by atomic mass is 10.2. The molecule has 2 aromatic rings. The maximum atomic E-state index is 11.8. The van der Waals surface area contributed by atoms with E-state index in [1.54, 1.807) is 18.3 Å². The second-order valence-electron chi connectivity index (χ2n) is 4.80. The van der Waals surface area contributed by atoms with E-state index in [4.69, 9.17) is 0 Å². The molecule has 0 bridgehead atoms. The number of amides is 2. The normalized spacial score (nSPS) is 10.1. The van der Waals surface area contributed by atoms with Gasteiger partial charge in [0.25, 0.3) is 5.91 Å². The molecule has 0 aliphatic heterocycles. The van der Waals surface area contributed by atoms with Gasteiger partial charge in [-0.15, -0.1) is 11.8 Å². The van der Waals surface area contributed by atoms with E-state index in [1.807, 2.05) is 32.0 Å². The van der Waals surface area contributed by atoms with Gasteiger partial charge in [-0.2, -0.15) is 0 Å². The van der Waals surface area contributed by atoms with Crippen molar-refractivity contribution in [2.24, 2.45) is 0 Å². The number of rotatable bonds is 4. The molecule has 0 unspecified atom stereocenters. The molecular formula is C16H17N3O2S. The molecule has 2 N–H and O–H groups in total. The van der Waals surface area contributed by atoms with Crippen LogP contribution in [0.5, 0.6) is 0 Å². The maximum absolute atomic E-state index is 11.8. The van der Waals surface area contributed by atoms with Crippen LogP contribution in [0.2, 0.25) is 0 Å². The molecule has 6 heteroatoms. The highest BCUT2D eigenvalue weighted by atomic mass is 32.2. The molecule has 114 valence electrons. The largest absolute Gasteiger partial charge is 0.272 e. The number of carbonyl (C=O) groups is 2. The first-order chi connectivity index (χ1) is 10.6. The fraction of sp³-hybridized carbons (Fsp3) is 0.188. The third-order valence-corrected chi connectivity index (χ3v) is 4.10. The summed E-state index contributed by atoms with van der Waals surface area (Å²) in [6, 6.07) is 9.39. The van der Waals surface area contributed by atoms with Gasteiger partial charge < -0.3 is 0 Å². The summed E-state index contributed by atoms with van der Waals surface area (Å²) < 4.78 is 0. The van der Waals surface area contributed by atoms with Crippen LogP contribution < -0.4 is 10.9 Å². The number of carbonyl (C=O) groups excluding carboxylic acids is 2. The van der Waals surface area contributed by atoms with Crippen molar-refractivity contribution in [1.82, 2.24) is 15.8 Å². The molecular weight excluding hydrogens is 298 g/mol. The summed E-state index contributed by atoms with van der Waals surface area (Å²) in [7, 11) is 0. The Balaban J connectivity index is 1.81. The molecule has 0 saturated heterocycles. The fourth-order valence-corrected chi connectivity index (χ4v) is 2.66. The van der Waals surface area contributed by atoms with Gasteiger partial charge in [-0.05, 0) is 37.6 Å². The lowest BCUT2D eigenvalue weighted by molar-refractivity contribution is -0.119. The topological polar surface area (TPSA) is 71.1 Å². The van der Waals surface area contributed by atoms with Crippen LogP contribution in [0, 0.1) is 13.8 Å². The van der Waals surface area contributed by atoms with Crippen LogP contribution >= 0.6 is 11.8 Å². The lowest BCUT2D eigenvalue weighted by Crippen LogP contribution is -2.42. The number of benzene rings is 1. The average molecular weight is 315 g/mol. The minimum Gasteiger partial charge on any atom is -0.272 e. The van der Waals surface area contributed by atoms with Crippen LogP contribution in [0.4, 0.5) is 0 Å². The van der Waals surface area contributed by atoms with Crippen molar-refractivity contribution >= 4 is 23.6 Å². The first-order valence-electron chi connectivity index (χ1n) is 6.75. The van der Waals surface area contributed by atoms with Crippen molar-refractivity contribution in [3.05, 3.63) is 59.4 Å². The van der Waals surface area contributed by atoms with Crippen molar-refractivity contribution in [3.8, 4) is 0 Å². The van der Waals surface area contributed by atoms with Crippen molar-refractivity contribution in [2.45, 2.75) is 18.7 Å². The quantitative estimate of drug-likeness (QED) is 0.670. The van der Waals surface area contributed by atoms with Crippen LogP contribution in [-0.4, -0.2) is 22.6 Å². The molecule has 1 aromatic carbocycles. The highest BCUT2D eigenvalue weighted by Gasteiger charge is 2.08. The Morgan fingerprint density at radius 3 is 2.73 bits per heavy atom. The highest BCUT2D eigenvalue weighted by molar-refractivity contribution is 8.00. The molecule has 0 atom stereocenters. The van der Waals surface area contributed by atoms with Gasteiger partial charge in [-0.1, -0.05) is 17.7 Å². The summed E-state index contributed by atoms with van der Waals surface area (Å²) in [6.45, 7) is 4.02. The number of nitrogens with zero attached hydrogens (tertiary/aromatic N) is 1. The van der Waals surface area contributed by atoms with Crippen LogP contribution in [0.1, 0.15) is 21.5 Å². The van der Waals surface area contributed by atoms with Gasteiger partial charge in [0, 0.05) is 17.3 Å². The fourth-order valence-electron chi connectivity index (χ4n) is 1.74. The standard InChI is InChI=1S/C16H17N3O2S/c1-11-5-6-12(2)14(8-11)22-10-15(20)18-19-16(21)13-4-3-7-17-9-13/h3-9H,10H2,1-2H3,(H,18,20)(H,19,21). The van der Waals surface area contributed by atoms with Gasteiger partial charge in [-0.25, -0.2) is 0 Å². The molecule has 1 aromatic heterocycles. The lowest BCUT2D eigenvalue weighted by Gasteiger charge is -2.08. The Labute approximate surface area is 133 Å². The van der Waals surface area contributed by atoms with Crippen LogP contribution in [0.25, 0.3) is 0 Å². The number of hydrazine groups is 1. The molecule has 2 rings (SSSR count). The van der Waals surface area contributed by atoms with Crippen molar-refractivity contribution in [2.75, 3.05) is 5.75 Å². The number of thioether (sulfide) groups is 1. The summed E-state index contributed by atoms with van der Waals surface area (Å²) in [5.41, 5.74) is 7.44. The molecule has 0 spiro atoms. The number of nitrogens with one attached hydrogen (secondary N) is 2. The van der Waals surface area contributed by atoms with E-state index in [-0.39, 0.29) is 11.7 Å². The Morgan fingerprint density at radius 1 is 1.18 bits per heavy atom. The number of aryl methyl sites for hydroxylation is 2. The van der Waals surface area contributed by atoms with E-state index >= 15 is 0 Å². The van der Waals surface area contributed by atoms with Gasteiger partial charge >= 0.3 is 0 Å². The number of pyridine rings is 1. The van der Waals surface area contributed by atoms with E-state index in [2.05, 4.69) is 15.8 Å². The zero-order valence-corrected chi connectivity index (χ0v) is 13.2. The SMILES string of the molecule is Cc1ccc(C)c(SCC(=O)NNC(=O)c2cccnc2)c1. The average Bonchev–Trinajstić information content (AvgIpc) is 2.54. The van der Waals surface area contributed by atoms with E-state index in [0.29, 0.717) is 5.56 Å². The molecule has 0 aliphatic carbocycles. The zero-order valence-electron chi connectivity index (χ0n) is 12.4. The number of aromatic nitrogens is 1. The van der Waals surface area contributed by atoms with Gasteiger partial charge in [0.1, 0.15) is 0 Å². The van der Waals surface area contributed by atoms with Crippen molar-refractivity contribution in [1.29, 1.82) is 0 Å².